The van der Waals surface area contributed by atoms with Gasteiger partial charge in [0.2, 0.25) is 0 Å². The molecule has 0 atom stereocenters. The van der Waals surface area contributed by atoms with Crippen LogP contribution in [0.5, 0.6) is 0 Å². The van der Waals surface area contributed by atoms with Crippen LogP contribution in [0.3, 0.4) is 0 Å². The zero-order valence-electron chi connectivity index (χ0n) is 37.2. The van der Waals surface area contributed by atoms with Crippen LogP contribution < -0.4 is 5.32 Å². The van der Waals surface area contributed by atoms with E-state index in [0.29, 0.717) is 19.6 Å². The minimum Gasteiger partial charge on any atom is -0.465 e. The summed E-state index contributed by atoms with van der Waals surface area (Å²) < 4.78 is 10.3. The molecule has 0 spiro atoms. The van der Waals surface area contributed by atoms with E-state index in [1.807, 2.05) is 0 Å². The average molecular weight is 783 g/mol. The highest BCUT2D eigenvalue weighted by molar-refractivity contribution is 5.86. The lowest BCUT2D eigenvalue weighted by Gasteiger charge is -2.16. The molecule has 0 heterocycles. The van der Waals surface area contributed by atoms with Crippen LogP contribution in [0.2, 0.25) is 0 Å². The van der Waals surface area contributed by atoms with E-state index in [1.54, 1.807) is 0 Å². The molecule has 0 saturated carbocycles. The quantitative estimate of drug-likeness (QED) is 0.0600. The van der Waals surface area contributed by atoms with Crippen molar-refractivity contribution in [2.24, 2.45) is 0 Å². The van der Waals surface area contributed by atoms with Crippen LogP contribution >= 0.6 is 0 Å². The number of hydrogen-bond donors (Lipinski definition) is 2. The van der Waals surface area contributed by atoms with Crippen molar-refractivity contribution in [3.63, 3.8) is 0 Å². The molecule has 328 valence electrons. The summed E-state index contributed by atoms with van der Waals surface area (Å²) in [4.78, 5) is 35.4. The van der Waals surface area contributed by atoms with E-state index in [4.69, 9.17) is 14.6 Å². The molecular formula is C47H94N2O6. The molecule has 8 heteroatoms. The van der Waals surface area contributed by atoms with E-state index in [1.165, 1.54) is 173 Å². The Morgan fingerprint density at radius 3 is 1.04 bits per heavy atom. The number of unbranched alkanes of at least 4 members (excludes halogenated alkanes) is 32. The minimum absolute atomic E-state index is 0.229. The molecule has 0 fully saturated rings. The molecule has 3 amide bonds. The number of carbonyl (C=O) groups is 3. The predicted molar refractivity (Wildman–Crippen MR) is 234 cm³/mol. The third-order valence-electron chi connectivity index (χ3n) is 10.4. The number of carboxylic acid groups (broad SMARTS) is 1. The summed E-state index contributed by atoms with van der Waals surface area (Å²) in [5, 5.41) is 12.0. The normalized spacial score (nSPS) is 10.8. The highest BCUT2D eigenvalue weighted by Crippen LogP contribution is 2.15. The average Bonchev–Trinajstić information content (AvgIpc) is 3.17. The molecule has 0 aromatic rings. The summed E-state index contributed by atoms with van der Waals surface area (Å²) in [5.41, 5.74) is 0. The summed E-state index contributed by atoms with van der Waals surface area (Å²) in [6.07, 6.45) is 43.1. The van der Waals surface area contributed by atoms with E-state index >= 15 is 0 Å². The summed E-state index contributed by atoms with van der Waals surface area (Å²) in [6, 6.07) is 0. The van der Waals surface area contributed by atoms with Gasteiger partial charge in [0.25, 0.3) is 0 Å². The van der Waals surface area contributed by atoms with Crippen LogP contribution in [0, 0.1) is 0 Å². The standard InChI is InChI=1S/C24H47NO4.C23H47NO2/c1-3-5-7-9-10-11-12-13-14-15-16-17-18-20-22-29-24(28)25(23(26)27)21-19-8-6-4-2;1-3-5-7-9-10-11-12-13-14-15-16-17-18-20-22-26-23(25)24-21-19-8-6-4-2/h3-22H2,1-2H3,(H,26,27);3-22H2,1-2H3,(H,24,25). The SMILES string of the molecule is CCCCCCCCCCCCCCCCOC(=O)N(CCCCCC)C(=O)O.CCCCCCCCCCCCCCCCOC(=O)NCCCCCC. The van der Waals surface area contributed by atoms with Gasteiger partial charge in [-0.1, -0.05) is 233 Å². The Kier molecular flexibility index (Phi) is 48.3. The van der Waals surface area contributed by atoms with Crippen molar-refractivity contribution in [3.05, 3.63) is 0 Å². The number of alkyl carbamates (subject to hydrolysis) is 1. The second-order valence-corrected chi connectivity index (χ2v) is 15.9. The summed E-state index contributed by atoms with van der Waals surface area (Å²) >= 11 is 0. The number of nitrogens with one attached hydrogen (secondary N) is 1. The van der Waals surface area contributed by atoms with Gasteiger partial charge < -0.3 is 19.9 Å². The first-order valence-electron chi connectivity index (χ1n) is 24.0. The Bertz CT molecular complexity index is 795. The summed E-state index contributed by atoms with van der Waals surface area (Å²) in [5.74, 6) is 0. The van der Waals surface area contributed by atoms with Gasteiger partial charge >= 0.3 is 18.3 Å². The first-order valence-corrected chi connectivity index (χ1v) is 24.0. The molecule has 0 bridgehead atoms. The van der Waals surface area contributed by atoms with Crippen molar-refractivity contribution in [2.45, 2.75) is 259 Å². The van der Waals surface area contributed by atoms with E-state index in [-0.39, 0.29) is 12.6 Å². The molecule has 0 aromatic carbocycles. The highest BCUT2D eigenvalue weighted by atomic mass is 16.6. The van der Waals surface area contributed by atoms with Gasteiger partial charge in [0.15, 0.2) is 0 Å². The zero-order valence-corrected chi connectivity index (χ0v) is 37.2. The number of nitrogens with zero attached hydrogens (tertiary/aromatic N) is 1. The molecule has 0 aliphatic rings. The number of hydrogen-bond acceptors (Lipinski definition) is 5. The first-order chi connectivity index (χ1) is 26.9. The fourth-order valence-electron chi connectivity index (χ4n) is 6.75. The van der Waals surface area contributed by atoms with Crippen LogP contribution in [0.15, 0.2) is 0 Å². The second kappa shape index (κ2) is 48.2. The van der Waals surface area contributed by atoms with Crippen molar-refractivity contribution in [1.82, 2.24) is 10.2 Å². The van der Waals surface area contributed by atoms with E-state index in [0.717, 1.165) is 62.8 Å². The van der Waals surface area contributed by atoms with Gasteiger partial charge in [0.05, 0.1) is 13.2 Å². The molecule has 0 aliphatic heterocycles. The Balaban J connectivity index is 0. The lowest BCUT2D eigenvalue weighted by molar-refractivity contribution is 0.0924. The molecule has 0 unspecified atom stereocenters. The third kappa shape index (κ3) is 46.3. The number of amides is 3. The second-order valence-electron chi connectivity index (χ2n) is 15.9. The Morgan fingerprint density at radius 1 is 0.400 bits per heavy atom. The van der Waals surface area contributed by atoms with Gasteiger partial charge in [-0.25, -0.2) is 19.3 Å². The molecule has 0 rings (SSSR count). The monoisotopic (exact) mass is 783 g/mol. The molecule has 2 N–H and O–H groups in total. The van der Waals surface area contributed by atoms with Gasteiger partial charge in [-0.15, -0.1) is 0 Å². The summed E-state index contributed by atoms with van der Waals surface area (Å²) in [7, 11) is 0. The lowest BCUT2D eigenvalue weighted by Crippen LogP contribution is -2.37. The van der Waals surface area contributed by atoms with Gasteiger partial charge in [-0.3, -0.25) is 0 Å². The maximum absolute atomic E-state index is 11.9. The number of imide groups is 1. The molecule has 0 saturated heterocycles. The van der Waals surface area contributed by atoms with Crippen molar-refractivity contribution >= 4 is 18.3 Å². The maximum Gasteiger partial charge on any atom is 0.419 e. The molecule has 55 heavy (non-hydrogen) atoms. The smallest absolute Gasteiger partial charge is 0.419 e. The van der Waals surface area contributed by atoms with Gasteiger partial charge in [-0.2, -0.15) is 0 Å². The zero-order chi connectivity index (χ0) is 40.7. The molecule has 8 nitrogen and oxygen atoms in total. The lowest BCUT2D eigenvalue weighted by atomic mass is 10.0. The number of carbonyl (C=O) groups excluding carboxylic acids is 2. The van der Waals surface area contributed by atoms with Gasteiger partial charge in [-0.05, 0) is 25.7 Å². The van der Waals surface area contributed by atoms with E-state index in [9.17, 15) is 14.4 Å². The molecule has 0 aromatic heterocycles. The Labute approximate surface area is 341 Å². The van der Waals surface area contributed by atoms with Crippen molar-refractivity contribution in [3.8, 4) is 0 Å². The van der Waals surface area contributed by atoms with Crippen molar-refractivity contribution < 1.29 is 29.0 Å². The first kappa shape index (κ1) is 55.1. The number of rotatable bonds is 40. The van der Waals surface area contributed by atoms with Crippen LogP contribution in [0.25, 0.3) is 0 Å². The van der Waals surface area contributed by atoms with Crippen molar-refractivity contribution in [2.75, 3.05) is 26.3 Å². The van der Waals surface area contributed by atoms with Crippen LogP contribution in [0.1, 0.15) is 259 Å². The van der Waals surface area contributed by atoms with Gasteiger partial charge in [0.1, 0.15) is 0 Å². The molecular weight excluding hydrogens is 689 g/mol. The van der Waals surface area contributed by atoms with E-state index in [2.05, 4.69) is 33.0 Å². The molecule has 0 aliphatic carbocycles. The third-order valence-corrected chi connectivity index (χ3v) is 10.4. The fourth-order valence-corrected chi connectivity index (χ4v) is 6.75. The van der Waals surface area contributed by atoms with Crippen molar-refractivity contribution in [1.29, 1.82) is 0 Å². The number of ether oxygens (including phenoxy) is 2. The molecule has 0 radical (unpaired) electrons. The Hall–Kier alpha value is -1.99. The van der Waals surface area contributed by atoms with E-state index < -0.39 is 12.2 Å². The van der Waals surface area contributed by atoms with Crippen LogP contribution in [-0.4, -0.2) is 54.6 Å². The van der Waals surface area contributed by atoms with Gasteiger partial charge in [0, 0.05) is 13.1 Å². The summed E-state index contributed by atoms with van der Waals surface area (Å²) in [6.45, 7) is 10.7. The maximum atomic E-state index is 11.9. The highest BCUT2D eigenvalue weighted by Gasteiger charge is 2.21. The van der Waals surface area contributed by atoms with Crippen LogP contribution in [-0.2, 0) is 9.47 Å². The van der Waals surface area contributed by atoms with Crippen LogP contribution in [0.4, 0.5) is 14.4 Å². The minimum atomic E-state index is -1.22. The predicted octanol–water partition coefficient (Wildman–Crippen LogP) is 15.9. The topological polar surface area (TPSA) is 105 Å². The fraction of sp³-hybridized carbons (Fsp3) is 0.936. The largest absolute Gasteiger partial charge is 0.465 e. The Morgan fingerprint density at radius 2 is 0.691 bits per heavy atom.